The zero-order valence-electron chi connectivity index (χ0n) is 8.24. The number of nitrogens with zero attached hydrogens (tertiary/aromatic N) is 1. The van der Waals surface area contributed by atoms with E-state index in [1.807, 2.05) is 6.26 Å². The van der Waals surface area contributed by atoms with Gasteiger partial charge in [0.05, 0.1) is 0 Å². The van der Waals surface area contributed by atoms with Gasteiger partial charge in [0.25, 0.3) is 0 Å². The Morgan fingerprint density at radius 1 is 1.60 bits per heavy atom. The minimum Gasteiger partial charge on any atom is -0.287 e. The molecule has 0 N–H and O–H groups in total. The maximum atomic E-state index is 11.9. The molecular weight excluding hydrogens is 274 g/mol. The van der Waals surface area contributed by atoms with Crippen LogP contribution in [0.1, 0.15) is 10.5 Å². The van der Waals surface area contributed by atoms with Crippen LogP contribution in [0, 0.1) is 0 Å². The van der Waals surface area contributed by atoms with Crippen LogP contribution in [0.25, 0.3) is 0 Å². The second-order valence-corrected chi connectivity index (χ2v) is 4.21. The van der Waals surface area contributed by atoms with E-state index in [4.69, 9.17) is 0 Å². The van der Waals surface area contributed by atoms with Gasteiger partial charge in [-0.3, -0.25) is 4.79 Å². The lowest BCUT2D eigenvalue weighted by Crippen LogP contribution is -2.03. The number of allylic oxidation sites excluding steroid dienone is 2. The Hall–Kier alpha value is -0.870. The van der Waals surface area contributed by atoms with Crippen molar-refractivity contribution in [2.45, 2.75) is 0 Å². The molecule has 0 fully saturated rings. The summed E-state index contributed by atoms with van der Waals surface area (Å²) in [5.41, 5.74) is 0.984. The van der Waals surface area contributed by atoms with Crippen LogP contribution in [0.2, 0.25) is 0 Å². The highest BCUT2D eigenvalue weighted by Gasteiger charge is 2.10. The van der Waals surface area contributed by atoms with Gasteiger partial charge in [-0.1, -0.05) is 18.7 Å². The fourth-order valence-corrected chi connectivity index (χ4v) is 1.80. The molecule has 0 saturated heterocycles. The fraction of sp³-hybridized carbons (Fsp3) is 0.0909. The van der Waals surface area contributed by atoms with Crippen LogP contribution in [0.5, 0.6) is 0 Å². The number of aromatic nitrogens is 1. The lowest BCUT2D eigenvalue weighted by molar-refractivity contribution is 0.103. The van der Waals surface area contributed by atoms with Crippen LogP contribution < -0.4 is 0 Å². The van der Waals surface area contributed by atoms with Crippen LogP contribution in [0.4, 0.5) is 0 Å². The van der Waals surface area contributed by atoms with Crippen LogP contribution in [0.3, 0.4) is 0 Å². The van der Waals surface area contributed by atoms with Gasteiger partial charge in [-0.05, 0) is 39.7 Å². The summed E-state index contributed by atoms with van der Waals surface area (Å²) in [6.45, 7) is 3.61. The van der Waals surface area contributed by atoms with Crippen molar-refractivity contribution >= 4 is 33.5 Å². The Kier molecular flexibility index (Phi) is 4.78. The molecule has 78 valence electrons. The zero-order chi connectivity index (χ0) is 11.3. The number of rotatable bonds is 4. The Labute approximate surface area is 102 Å². The molecule has 1 rings (SSSR count). The quantitative estimate of drug-likeness (QED) is 0.367. The number of pyridine rings is 1. The summed E-state index contributed by atoms with van der Waals surface area (Å²) in [6, 6.07) is 5.25. The molecule has 0 unspecified atom stereocenters. The van der Waals surface area contributed by atoms with Crippen molar-refractivity contribution in [3.8, 4) is 0 Å². The minimum atomic E-state index is -0.111. The molecule has 0 aromatic carbocycles. The van der Waals surface area contributed by atoms with Gasteiger partial charge in [-0.15, -0.1) is 11.8 Å². The van der Waals surface area contributed by atoms with E-state index in [0.29, 0.717) is 15.9 Å². The first-order valence-corrected chi connectivity index (χ1v) is 6.29. The summed E-state index contributed by atoms with van der Waals surface area (Å²) in [5, 5.41) is 1.76. The van der Waals surface area contributed by atoms with Crippen LogP contribution >= 0.6 is 27.7 Å². The third-order valence-electron chi connectivity index (χ3n) is 1.67. The van der Waals surface area contributed by atoms with Crippen LogP contribution in [0.15, 0.2) is 46.4 Å². The number of hydrogen-bond acceptors (Lipinski definition) is 3. The van der Waals surface area contributed by atoms with Crippen molar-refractivity contribution < 1.29 is 4.79 Å². The first kappa shape index (κ1) is 12.2. The number of carbonyl (C=O) groups is 1. The Bertz CT molecular complexity index is 415. The van der Waals surface area contributed by atoms with E-state index >= 15 is 0 Å². The first-order valence-electron chi connectivity index (χ1n) is 4.21. The number of Topliss-reactive ketones (excluding diaryl/α,β-unsaturated/α-hetero) is 1. The SMILES string of the molecule is C=C/C(=C\SC)C(=O)c1cccc(Br)n1. The average Bonchev–Trinajstić information content (AvgIpc) is 2.25. The molecule has 4 heteroatoms. The summed E-state index contributed by atoms with van der Waals surface area (Å²) in [4.78, 5) is 16.0. The van der Waals surface area contributed by atoms with E-state index in [1.54, 1.807) is 29.7 Å². The van der Waals surface area contributed by atoms with E-state index in [1.165, 1.54) is 11.8 Å². The molecule has 1 heterocycles. The zero-order valence-corrected chi connectivity index (χ0v) is 10.6. The summed E-state index contributed by atoms with van der Waals surface area (Å²) in [6.07, 6.45) is 3.44. The molecule has 0 aliphatic rings. The molecule has 0 bridgehead atoms. The predicted molar refractivity (Wildman–Crippen MR) is 68.1 cm³/mol. The van der Waals surface area contributed by atoms with Gasteiger partial charge < -0.3 is 0 Å². The first-order chi connectivity index (χ1) is 7.19. The van der Waals surface area contributed by atoms with Crippen molar-refractivity contribution in [2.75, 3.05) is 6.26 Å². The molecule has 0 atom stereocenters. The van der Waals surface area contributed by atoms with E-state index in [2.05, 4.69) is 27.5 Å². The third-order valence-corrected chi connectivity index (χ3v) is 2.61. The van der Waals surface area contributed by atoms with Gasteiger partial charge in [0.15, 0.2) is 0 Å². The molecule has 0 radical (unpaired) electrons. The van der Waals surface area contributed by atoms with Gasteiger partial charge in [-0.2, -0.15) is 0 Å². The fourth-order valence-electron chi connectivity index (χ4n) is 1.00. The second-order valence-electron chi connectivity index (χ2n) is 2.69. The summed E-state index contributed by atoms with van der Waals surface area (Å²) in [5.74, 6) is -0.111. The second kappa shape index (κ2) is 5.88. The molecule has 0 aliphatic heterocycles. The highest BCUT2D eigenvalue weighted by Crippen LogP contribution is 2.13. The topological polar surface area (TPSA) is 30.0 Å². The van der Waals surface area contributed by atoms with Crippen molar-refractivity contribution in [1.29, 1.82) is 0 Å². The number of carbonyl (C=O) groups excluding carboxylic acids is 1. The van der Waals surface area contributed by atoms with E-state index in [9.17, 15) is 4.79 Å². The lowest BCUT2D eigenvalue weighted by Gasteiger charge is -2.00. The number of ketones is 1. The Morgan fingerprint density at radius 3 is 2.87 bits per heavy atom. The van der Waals surface area contributed by atoms with Crippen LogP contribution in [-0.4, -0.2) is 17.0 Å². The van der Waals surface area contributed by atoms with Crippen molar-refractivity contribution in [2.24, 2.45) is 0 Å². The highest BCUT2D eigenvalue weighted by atomic mass is 79.9. The molecule has 1 aromatic heterocycles. The average molecular weight is 284 g/mol. The van der Waals surface area contributed by atoms with Gasteiger partial charge >= 0.3 is 0 Å². The molecule has 0 saturated carbocycles. The van der Waals surface area contributed by atoms with Crippen LogP contribution in [-0.2, 0) is 0 Å². The molecule has 15 heavy (non-hydrogen) atoms. The van der Waals surface area contributed by atoms with Gasteiger partial charge in [0, 0.05) is 5.57 Å². The third kappa shape index (κ3) is 3.32. The maximum absolute atomic E-state index is 11.9. The molecular formula is C11H10BrNOS. The van der Waals surface area contributed by atoms with Crippen molar-refractivity contribution in [3.05, 3.63) is 52.1 Å². The molecule has 0 amide bonds. The minimum absolute atomic E-state index is 0.111. The number of hydrogen-bond donors (Lipinski definition) is 0. The van der Waals surface area contributed by atoms with E-state index in [-0.39, 0.29) is 5.78 Å². The smallest absolute Gasteiger partial charge is 0.211 e. The monoisotopic (exact) mass is 283 g/mol. The van der Waals surface area contributed by atoms with Gasteiger partial charge in [0.1, 0.15) is 10.3 Å². The molecule has 1 aromatic rings. The summed E-state index contributed by atoms with van der Waals surface area (Å²) < 4.78 is 0.654. The van der Waals surface area contributed by atoms with Gasteiger partial charge in [-0.25, -0.2) is 4.98 Å². The normalized spacial score (nSPS) is 11.2. The summed E-state index contributed by atoms with van der Waals surface area (Å²) >= 11 is 4.69. The Balaban J connectivity index is 3.03. The molecule has 2 nitrogen and oxygen atoms in total. The summed E-state index contributed by atoms with van der Waals surface area (Å²) in [7, 11) is 0. The molecule has 0 aliphatic carbocycles. The largest absolute Gasteiger partial charge is 0.287 e. The van der Waals surface area contributed by atoms with E-state index < -0.39 is 0 Å². The number of halogens is 1. The standard InChI is InChI=1S/C11H10BrNOS/c1-3-8(7-15-2)11(14)9-5-4-6-10(12)13-9/h3-7H,1H2,2H3/b8-7+. The maximum Gasteiger partial charge on any atom is 0.211 e. The van der Waals surface area contributed by atoms with E-state index in [0.717, 1.165) is 0 Å². The van der Waals surface area contributed by atoms with Crippen molar-refractivity contribution in [1.82, 2.24) is 4.98 Å². The lowest BCUT2D eigenvalue weighted by atomic mass is 10.1. The predicted octanol–water partition coefficient (Wildman–Crippen LogP) is 3.46. The number of thioether (sulfide) groups is 1. The highest BCUT2D eigenvalue weighted by molar-refractivity contribution is 9.10. The molecule has 0 spiro atoms. The Morgan fingerprint density at radius 2 is 2.33 bits per heavy atom. The van der Waals surface area contributed by atoms with Gasteiger partial charge in [0.2, 0.25) is 5.78 Å². The van der Waals surface area contributed by atoms with Crippen molar-refractivity contribution in [3.63, 3.8) is 0 Å².